The van der Waals surface area contributed by atoms with Crippen molar-refractivity contribution in [2.75, 3.05) is 24.5 Å². The Morgan fingerprint density at radius 1 is 1.13 bits per heavy atom. The van der Waals surface area contributed by atoms with E-state index in [1.54, 1.807) is 4.90 Å². The Bertz CT molecular complexity index is 1250. The smallest absolute Gasteiger partial charge is 0.369 e. The Kier molecular flexibility index (Phi) is 8.18. The van der Waals surface area contributed by atoms with E-state index in [2.05, 4.69) is 15.0 Å². The van der Waals surface area contributed by atoms with Crippen molar-refractivity contribution in [1.82, 2.24) is 14.6 Å². The molecule has 2 saturated heterocycles. The summed E-state index contributed by atoms with van der Waals surface area (Å²) < 4.78 is 110. The van der Waals surface area contributed by atoms with Gasteiger partial charge in [0, 0.05) is 26.1 Å². The average molecular weight is 567 g/mol. The number of anilines is 1. The van der Waals surface area contributed by atoms with Crippen molar-refractivity contribution in [3.8, 4) is 0 Å². The van der Waals surface area contributed by atoms with Gasteiger partial charge in [0.1, 0.15) is 18.0 Å². The molecule has 4 rings (SSSR count). The highest BCUT2D eigenvalue weighted by Gasteiger charge is 2.44. The normalized spacial score (nSPS) is 21.6. The Balaban J connectivity index is 1.41. The fourth-order valence-corrected chi connectivity index (χ4v) is 6.14. The molecule has 38 heavy (non-hydrogen) atoms. The molecular weight excluding hydrogens is 542 g/mol. The molecule has 0 bridgehead atoms. The van der Waals surface area contributed by atoms with Gasteiger partial charge in [-0.15, -0.1) is 13.2 Å². The van der Waals surface area contributed by atoms with Gasteiger partial charge in [-0.1, -0.05) is 0 Å². The number of hydrogen-bond donors (Lipinski definition) is 1. The zero-order valence-electron chi connectivity index (χ0n) is 19.8. The van der Waals surface area contributed by atoms with Gasteiger partial charge >= 0.3 is 6.36 Å². The van der Waals surface area contributed by atoms with Crippen LogP contribution in [-0.4, -0.2) is 67.9 Å². The van der Waals surface area contributed by atoms with Gasteiger partial charge in [-0.2, -0.15) is 4.31 Å². The van der Waals surface area contributed by atoms with E-state index in [1.165, 1.54) is 6.07 Å². The van der Waals surface area contributed by atoms with Crippen molar-refractivity contribution in [2.45, 2.75) is 55.4 Å². The maximum absolute atomic E-state index is 14.4. The maximum atomic E-state index is 14.4. The highest BCUT2D eigenvalue weighted by atomic mass is 32.2. The molecule has 1 aromatic carbocycles. The summed E-state index contributed by atoms with van der Waals surface area (Å²) in [5.74, 6) is -2.16. The van der Waals surface area contributed by atoms with Crippen LogP contribution in [-0.2, 0) is 26.1 Å². The van der Waals surface area contributed by atoms with E-state index < -0.39 is 58.8 Å². The lowest BCUT2D eigenvalue weighted by Crippen LogP contribution is -2.45. The number of piperidine rings is 1. The topological polar surface area (TPSA) is 91.8 Å². The van der Waals surface area contributed by atoms with Gasteiger partial charge in [-0.25, -0.2) is 21.6 Å². The molecule has 2 fully saturated rings. The van der Waals surface area contributed by atoms with Crippen molar-refractivity contribution in [1.29, 1.82) is 0 Å². The van der Waals surface area contributed by atoms with E-state index in [0.717, 1.165) is 34.8 Å². The van der Waals surface area contributed by atoms with Crippen LogP contribution in [0.2, 0.25) is 0 Å². The molecule has 0 spiro atoms. The van der Waals surface area contributed by atoms with E-state index in [0.29, 0.717) is 0 Å². The van der Waals surface area contributed by atoms with Crippen LogP contribution < -0.4 is 10.2 Å². The number of alkyl halides is 4. The minimum Gasteiger partial charge on any atom is -0.369 e. The van der Waals surface area contributed by atoms with Crippen molar-refractivity contribution < 1.29 is 44.3 Å². The van der Waals surface area contributed by atoms with E-state index in [9.17, 15) is 39.6 Å². The lowest BCUT2D eigenvalue weighted by atomic mass is 10.1. The number of halogens is 6. The lowest BCUT2D eigenvalue weighted by Gasteiger charge is -2.34. The molecule has 2 unspecified atom stereocenters. The third-order valence-corrected chi connectivity index (χ3v) is 8.23. The minimum atomic E-state index is -4.75. The Morgan fingerprint density at radius 3 is 2.42 bits per heavy atom. The Morgan fingerprint density at radius 2 is 1.79 bits per heavy atom. The number of nitrogens with zero attached hydrogens (tertiary/aromatic N) is 3. The fraction of sp³-hybridized carbons (Fsp3) is 0.478. The van der Waals surface area contributed by atoms with Gasteiger partial charge in [0.05, 0.1) is 35.1 Å². The molecular formula is C23H24F6N4O4S. The Hall–Kier alpha value is -2.91. The number of rotatable bonds is 7. The minimum absolute atomic E-state index is 0.0256. The molecule has 2 aliphatic rings. The first kappa shape index (κ1) is 28.1. The SMILES string of the molecule is O=C(NCc1cc(N2CCC(OC(F)(F)F)CC2)c(F)cn1)C1CC(F)CN1S(=O)(=O)c1ccc(F)cc1. The van der Waals surface area contributed by atoms with Crippen LogP contribution in [0.3, 0.4) is 0 Å². The van der Waals surface area contributed by atoms with Crippen molar-refractivity contribution in [3.63, 3.8) is 0 Å². The van der Waals surface area contributed by atoms with Gasteiger partial charge in [0.25, 0.3) is 0 Å². The molecule has 208 valence electrons. The summed E-state index contributed by atoms with van der Waals surface area (Å²) in [6.07, 6.45) is -6.81. The second kappa shape index (κ2) is 11.1. The summed E-state index contributed by atoms with van der Waals surface area (Å²) in [4.78, 5) is 18.0. The van der Waals surface area contributed by atoms with Crippen molar-refractivity contribution in [2.24, 2.45) is 0 Å². The molecule has 0 radical (unpaired) electrons. The number of ether oxygens (including phenoxy) is 1. The second-order valence-electron chi connectivity index (χ2n) is 8.97. The quantitative estimate of drug-likeness (QED) is 0.518. The van der Waals surface area contributed by atoms with Crippen LogP contribution in [0.1, 0.15) is 25.0 Å². The predicted octanol–water partition coefficient (Wildman–Crippen LogP) is 3.28. The first-order chi connectivity index (χ1) is 17.8. The average Bonchev–Trinajstić information content (AvgIpc) is 3.26. The van der Waals surface area contributed by atoms with Gasteiger partial charge in [0.15, 0.2) is 5.82 Å². The molecule has 3 heterocycles. The van der Waals surface area contributed by atoms with Crippen LogP contribution in [0, 0.1) is 11.6 Å². The summed E-state index contributed by atoms with van der Waals surface area (Å²) in [6.45, 7) is -0.588. The number of carbonyl (C=O) groups excluding carboxylic acids is 1. The van der Waals surface area contributed by atoms with Gasteiger partial charge in [-0.3, -0.25) is 14.5 Å². The van der Waals surface area contributed by atoms with Gasteiger partial charge in [0.2, 0.25) is 15.9 Å². The van der Waals surface area contributed by atoms with Crippen LogP contribution in [0.15, 0.2) is 41.4 Å². The number of amides is 1. The number of nitrogens with one attached hydrogen (secondary N) is 1. The molecule has 1 N–H and O–H groups in total. The van der Waals surface area contributed by atoms with Crippen LogP contribution >= 0.6 is 0 Å². The number of sulfonamides is 1. The van der Waals surface area contributed by atoms with Crippen LogP contribution in [0.4, 0.5) is 32.0 Å². The van der Waals surface area contributed by atoms with Crippen LogP contribution in [0.5, 0.6) is 0 Å². The Labute approximate surface area is 214 Å². The zero-order chi connectivity index (χ0) is 27.7. The summed E-state index contributed by atoms with van der Waals surface area (Å²) >= 11 is 0. The van der Waals surface area contributed by atoms with Crippen molar-refractivity contribution in [3.05, 3.63) is 53.9 Å². The van der Waals surface area contributed by atoms with Crippen molar-refractivity contribution >= 4 is 21.6 Å². The van der Waals surface area contributed by atoms with Crippen LogP contribution in [0.25, 0.3) is 0 Å². The molecule has 15 heteroatoms. The first-order valence-corrected chi connectivity index (χ1v) is 13.1. The third-order valence-electron chi connectivity index (χ3n) is 6.35. The number of aromatic nitrogens is 1. The highest BCUT2D eigenvalue weighted by molar-refractivity contribution is 7.89. The molecule has 1 aromatic heterocycles. The van der Waals surface area contributed by atoms with Gasteiger partial charge < -0.3 is 10.2 Å². The fourth-order valence-electron chi connectivity index (χ4n) is 4.51. The number of benzene rings is 1. The molecule has 8 nitrogen and oxygen atoms in total. The van der Waals surface area contributed by atoms with E-state index in [-0.39, 0.29) is 55.2 Å². The summed E-state index contributed by atoms with van der Waals surface area (Å²) in [5, 5.41) is 2.49. The highest BCUT2D eigenvalue weighted by Crippen LogP contribution is 2.30. The molecule has 2 aromatic rings. The molecule has 1 amide bonds. The molecule has 0 aliphatic carbocycles. The lowest BCUT2D eigenvalue weighted by molar-refractivity contribution is -0.344. The monoisotopic (exact) mass is 566 g/mol. The third kappa shape index (κ3) is 6.56. The van der Waals surface area contributed by atoms with E-state index in [1.807, 2.05) is 0 Å². The largest absolute Gasteiger partial charge is 0.522 e. The number of hydrogen-bond acceptors (Lipinski definition) is 6. The van der Waals surface area contributed by atoms with E-state index in [4.69, 9.17) is 0 Å². The standard InChI is InChI=1S/C23H24F6N4O4S/c24-14-1-3-18(4-2-14)38(35,36)33-13-15(25)9-21(33)22(34)31-11-16-10-20(19(26)12-30-16)32-7-5-17(6-8-32)37-23(27,28)29/h1-4,10,12,15,17,21H,5-9,11,13H2,(H,31,34). The molecule has 0 saturated carbocycles. The predicted molar refractivity (Wildman–Crippen MR) is 122 cm³/mol. The molecule has 2 atom stereocenters. The second-order valence-corrected chi connectivity index (χ2v) is 10.9. The van der Waals surface area contributed by atoms with E-state index >= 15 is 0 Å². The van der Waals surface area contributed by atoms with Gasteiger partial charge in [-0.05, 0) is 43.2 Å². The summed E-state index contributed by atoms with van der Waals surface area (Å²) in [5.41, 5.74) is 0.283. The number of pyridine rings is 1. The summed E-state index contributed by atoms with van der Waals surface area (Å²) in [7, 11) is -4.30. The first-order valence-electron chi connectivity index (χ1n) is 11.7. The summed E-state index contributed by atoms with van der Waals surface area (Å²) in [6, 6.07) is 3.89. The molecule has 2 aliphatic heterocycles. The zero-order valence-corrected chi connectivity index (χ0v) is 20.6. The maximum Gasteiger partial charge on any atom is 0.522 e. The number of carbonyl (C=O) groups is 1.